The Morgan fingerprint density at radius 1 is 1.08 bits per heavy atom. The van der Waals surface area contributed by atoms with Crippen LogP contribution in [0.25, 0.3) is 0 Å². The SMILES string of the molecule is Cc1cc(CNC(=O)c2cc(C(=O)N[C@H]3CCc4cc(C(=O)O)ccc43)nc(N[C@H](C)CO)n2)ccc1F. The first-order chi connectivity index (χ1) is 18.1. The first-order valence-corrected chi connectivity index (χ1v) is 12.1. The van der Waals surface area contributed by atoms with Crippen molar-refractivity contribution < 1.29 is 29.0 Å². The number of nitrogens with one attached hydrogen (secondary N) is 3. The Bertz CT molecular complexity index is 1400. The number of fused-ring (bicyclic) bond motifs is 1. The van der Waals surface area contributed by atoms with Crippen LogP contribution in [0.15, 0.2) is 42.5 Å². The van der Waals surface area contributed by atoms with Crippen molar-refractivity contribution in [3.63, 3.8) is 0 Å². The summed E-state index contributed by atoms with van der Waals surface area (Å²) in [5.74, 6) is -2.45. The molecule has 0 saturated heterocycles. The van der Waals surface area contributed by atoms with E-state index < -0.39 is 23.8 Å². The molecule has 1 aromatic heterocycles. The van der Waals surface area contributed by atoms with E-state index in [1.54, 1.807) is 38.1 Å². The molecule has 10 nitrogen and oxygen atoms in total. The summed E-state index contributed by atoms with van der Waals surface area (Å²) < 4.78 is 13.5. The second-order valence-electron chi connectivity index (χ2n) is 9.24. The zero-order valence-electron chi connectivity index (χ0n) is 20.9. The number of amides is 2. The fourth-order valence-electron chi connectivity index (χ4n) is 4.23. The van der Waals surface area contributed by atoms with Crippen LogP contribution in [0.4, 0.5) is 10.3 Å². The molecule has 0 bridgehead atoms. The normalized spacial score (nSPS) is 14.9. The number of carbonyl (C=O) groups is 3. The maximum absolute atomic E-state index is 13.5. The van der Waals surface area contributed by atoms with Crippen LogP contribution in [0.5, 0.6) is 0 Å². The quantitative estimate of drug-likeness (QED) is 0.288. The highest BCUT2D eigenvalue weighted by Gasteiger charge is 2.26. The van der Waals surface area contributed by atoms with Gasteiger partial charge in [0.15, 0.2) is 0 Å². The number of halogens is 1. The maximum Gasteiger partial charge on any atom is 0.335 e. The minimum atomic E-state index is -1.02. The molecule has 0 fully saturated rings. The molecular weight excluding hydrogens is 493 g/mol. The molecule has 5 N–H and O–H groups in total. The van der Waals surface area contributed by atoms with Gasteiger partial charge in [-0.3, -0.25) is 9.59 Å². The Morgan fingerprint density at radius 3 is 2.50 bits per heavy atom. The molecule has 0 radical (unpaired) electrons. The fourth-order valence-corrected chi connectivity index (χ4v) is 4.23. The number of aromatic carboxylic acids is 1. The lowest BCUT2D eigenvalue weighted by molar-refractivity contribution is 0.0696. The summed E-state index contributed by atoms with van der Waals surface area (Å²) in [4.78, 5) is 45.8. The van der Waals surface area contributed by atoms with Crippen molar-refractivity contribution in [2.24, 2.45) is 0 Å². The molecule has 198 valence electrons. The predicted octanol–water partition coefficient (Wildman–Crippen LogP) is 2.76. The van der Waals surface area contributed by atoms with Gasteiger partial charge in [0.05, 0.1) is 18.2 Å². The highest BCUT2D eigenvalue weighted by atomic mass is 19.1. The third kappa shape index (κ3) is 6.12. The van der Waals surface area contributed by atoms with Gasteiger partial charge in [-0.25, -0.2) is 19.2 Å². The average molecular weight is 522 g/mol. The molecule has 2 aromatic carbocycles. The number of aromatic nitrogens is 2. The summed E-state index contributed by atoms with van der Waals surface area (Å²) in [5, 5.41) is 27.1. The fraction of sp³-hybridized carbons (Fsp3) is 0.296. The summed E-state index contributed by atoms with van der Waals surface area (Å²) in [7, 11) is 0. The number of hydrogen-bond donors (Lipinski definition) is 5. The highest BCUT2D eigenvalue weighted by molar-refractivity contribution is 5.98. The van der Waals surface area contributed by atoms with Crippen molar-refractivity contribution in [2.75, 3.05) is 11.9 Å². The number of anilines is 1. The number of hydrogen-bond acceptors (Lipinski definition) is 7. The van der Waals surface area contributed by atoms with Gasteiger partial charge in [0, 0.05) is 18.7 Å². The maximum atomic E-state index is 13.5. The van der Waals surface area contributed by atoms with Gasteiger partial charge in [0.2, 0.25) is 5.95 Å². The molecule has 0 spiro atoms. The van der Waals surface area contributed by atoms with E-state index in [1.807, 2.05) is 0 Å². The molecule has 2 atom stereocenters. The second-order valence-corrected chi connectivity index (χ2v) is 9.24. The van der Waals surface area contributed by atoms with E-state index >= 15 is 0 Å². The topological polar surface area (TPSA) is 154 Å². The number of carbonyl (C=O) groups excluding carboxylic acids is 2. The van der Waals surface area contributed by atoms with Crippen molar-refractivity contribution >= 4 is 23.7 Å². The van der Waals surface area contributed by atoms with Gasteiger partial charge in [0.1, 0.15) is 17.2 Å². The number of rotatable bonds is 9. The zero-order valence-corrected chi connectivity index (χ0v) is 20.9. The third-order valence-corrected chi connectivity index (χ3v) is 6.29. The molecule has 1 aliphatic rings. The van der Waals surface area contributed by atoms with E-state index in [2.05, 4.69) is 25.9 Å². The van der Waals surface area contributed by atoms with Crippen LogP contribution in [-0.2, 0) is 13.0 Å². The van der Waals surface area contributed by atoms with Gasteiger partial charge < -0.3 is 26.2 Å². The van der Waals surface area contributed by atoms with Gasteiger partial charge in [-0.15, -0.1) is 0 Å². The molecule has 0 aliphatic heterocycles. The van der Waals surface area contributed by atoms with Crippen LogP contribution >= 0.6 is 0 Å². The van der Waals surface area contributed by atoms with Crippen LogP contribution in [0.2, 0.25) is 0 Å². The zero-order chi connectivity index (χ0) is 27.4. The molecule has 3 aromatic rings. The molecule has 0 saturated carbocycles. The molecule has 2 amide bonds. The van der Waals surface area contributed by atoms with Gasteiger partial charge in [-0.1, -0.05) is 18.2 Å². The standard InChI is InChI=1S/C27H28FN5O5/c1-14-9-16(3-7-20(14)28)12-29-24(35)22-11-23(33-27(32-22)30-15(2)13-34)25(36)31-21-8-5-17-10-18(26(37)38)4-6-19(17)21/h3-4,6-7,9-11,15,21,34H,5,8,12-13H2,1-2H3,(H,29,35)(H,31,36)(H,37,38)(H,30,32,33)/t15-,21+/m1/s1. The minimum Gasteiger partial charge on any atom is -0.478 e. The lowest BCUT2D eigenvalue weighted by atomic mass is 10.0. The summed E-state index contributed by atoms with van der Waals surface area (Å²) in [6.45, 7) is 3.22. The van der Waals surface area contributed by atoms with Gasteiger partial charge in [-0.2, -0.15) is 0 Å². The molecular formula is C27H28FN5O5. The summed E-state index contributed by atoms with van der Waals surface area (Å²) in [6.07, 6.45) is 1.20. The van der Waals surface area contributed by atoms with Crippen molar-refractivity contribution in [3.05, 3.63) is 87.5 Å². The molecule has 4 rings (SSSR count). The number of aliphatic hydroxyl groups is 1. The van der Waals surface area contributed by atoms with Gasteiger partial charge in [0.25, 0.3) is 11.8 Å². The Morgan fingerprint density at radius 2 is 1.82 bits per heavy atom. The monoisotopic (exact) mass is 521 g/mol. The lowest BCUT2D eigenvalue weighted by Crippen LogP contribution is -2.31. The smallest absolute Gasteiger partial charge is 0.335 e. The van der Waals surface area contributed by atoms with Crippen LogP contribution in [0.3, 0.4) is 0 Å². The highest BCUT2D eigenvalue weighted by Crippen LogP contribution is 2.32. The van der Waals surface area contributed by atoms with Crippen molar-refractivity contribution in [1.82, 2.24) is 20.6 Å². The lowest BCUT2D eigenvalue weighted by Gasteiger charge is -2.16. The van der Waals surface area contributed by atoms with Crippen LogP contribution in [0, 0.1) is 12.7 Å². The van der Waals surface area contributed by atoms with Gasteiger partial charge >= 0.3 is 5.97 Å². The van der Waals surface area contributed by atoms with E-state index in [4.69, 9.17) is 0 Å². The second kappa shape index (κ2) is 11.3. The first kappa shape index (κ1) is 26.7. The Balaban J connectivity index is 1.54. The molecule has 11 heteroatoms. The van der Waals surface area contributed by atoms with E-state index in [9.17, 15) is 29.0 Å². The van der Waals surface area contributed by atoms with Crippen LogP contribution < -0.4 is 16.0 Å². The van der Waals surface area contributed by atoms with E-state index in [-0.39, 0.29) is 47.9 Å². The van der Waals surface area contributed by atoms with Crippen molar-refractivity contribution in [1.29, 1.82) is 0 Å². The molecule has 38 heavy (non-hydrogen) atoms. The average Bonchev–Trinajstić information content (AvgIpc) is 3.30. The first-order valence-electron chi connectivity index (χ1n) is 12.1. The minimum absolute atomic E-state index is 0.0000938. The molecule has 1 aliphatic carbocycles. The number of aryl methyl sites for hydroxylation is 2. The Labute approximate surface area is 218 Å². The molecule has 0 unspecified atom stereocenters. The number of nitrogens with zero attached hydrogens (tertiary/aromatic N) is 2. The number of carboxylic acid groups (broad SMARTS) is 1. The Kier molecular flexibility index (Phi) is 7.96. The number of benzene rings is 2. The summed E-state index contributed by atoms with van der Waals surface area (Å²) in [6, 6.07) is 9.82. The van der Waals surface area contributed by atoms with Crippen molar-refractivity contribution in [3.8, 4) is 0 Å². The summed E-state index contributed by atoms with van der Waals surface area (Å²) >= 11 is 0. The Hall–Kier alpha value is -4.38. The van der Waals surface area contributed by atoms with Gasteiger partial charge in [-0.05, 0) is 67.1 Å². The van der Waals surface area contributed by atoms with Crippen LogP contribution in [-0.4, -0.2) is 50.6 Å². The largest absolute Gasteiger partial charge is 0.478 e. The third-order valence-electron chi connectivity index (χ3n) is 6.29. The predicted molar refractivity (Wildman–Crippen MR) is 136 cm³/mol. The summed E-state index contributed by atoms with van der Waals surface area (Å²) in [5.41, 5.74) is 2.91. The number of aliphatic hydroxyl groups excluding tert-OH is 1. The van der Waals surface area contributed by atoms with E-state index in [0.29, 0.717) is 24.0 Å². The van der Waals surface area contributed by atoms with E-state index in [0.717, 1.165) is 11.1 Å². The van der Waals surface area contributed by atoms with Crippen molar-refractivity contribution in [2.45, 2.75) is 45.3 Å². The van der Waals surface area contributed by atoms with Crippen LogP contribution in [0.1, 0.15) is 73.0 Å². The molecule has 1 heterocycles. The van der Waals surface area contributed by atoms with E-state index in [1.165, 1.54) is 18.2 Å². The number of carboxylic acids is 1.